The molecular weight excluding hydrogens is 217 g/mol. The molecule has 0 amide bonds. The molecule has 0 spiro atoms. The first-order chi connectivity index (χ1) is 8.20. The van der Waals surface area contributed by atoms with E-state index < -0.39 is 0 Å². The second-order valence-electron chi connectivity index (χ2n) is 5.70. The lowest BCUT2D eigenvalue weighted by molar-refractivity contribution is 0.0287. The van der Waals surface area contributed by atoms with E-state index in [-0.39, 0.29) is 0 Å². The van der Waals surface area contributed by atoms with Crippen molar-refractivity contribution in [3.8, 4) is 0 Å². The van der Waals surface area contributed by atoms with Crippen LogP contribution in [-0.2, 0) is 4.74 Å². The van der Waals surface area contributed by atoms with Crippen molar-refractivity contribution in [3.63, 3.8) is 0 Å². The highest BCUT2D eigenvalue weighted by Gasteiger charge is 2.44. The van der Waals surface area contributed by atoms with Crippen LogP contribution in [0.2, 0.25) is 0 Å². The van der Waals surface area contributed by atoms with E-state index in [1.165, 1.54) is 51.7 Å². The lowest BCUT2D eigenvalue weighted by atomic mass is 10.0. The van der Waals surface area contributed by atoms with Gasteiger partial charge in [0.1, 0.15) is 0 Å². The maximum atomic E-state index is 9.50. The van der Waals surface area contributed by atoms with Crippen molar-refractivity contribution < 1.29 is 9.13 Å². The van der Waals surface area contributed by atoms with Crippen molar-refractivity contribution in [2.45, 2.75) is 52.1 Å². The molecule has 0 N–H and O–H groups in total. The van der Waals surface area contributed by atoms with E-state index in [1.807, 2.05) is 0 Å². The van der Waals surface area contributed by atoms with Crippen molar-refractivity contribution in [3.05, 3.63) is 0 Å². The molecule has 1 saturated heterocycles. The quantitative estimate of drug-likeness (QED) is 0.737. The summed E-state index contributed by atoms with van der Waals surface area (Å²) >= 11 is 0. The maximum absolute atomic E-state index is 9.50. The molecule has 0 bridgehead atoms. The van der Waals surface area contributed by atoms with Gasteiger partial charge in [-0.05, 0) is 52.6 Å². The Morgan fingerprint density at radius 1 is 1.12 bits per heavy atom. The molecule has 0 unspecified atom stereocenters. The molecule has 0 radical (unpaired) electrons. The van der Waals surface area contributed by atoms with E-state index in [4.69, 9.17) is 4.74 Å². The summed E-state index contributed by atoms with van der Waals surface area (Å²) in [6, 6.07) is 0. The molecule has 0 atom stereocenters. The topological polar surface area (TPSA) is 12.5 Å². The number of nitrogens with zero attached hydrogens (tertiary/aromatic N) is 1. The Morgan fingerprint density at radius 3 is 2.18 bits per heavy atom. The van der Waals surface area contributed by atoms with Gasteiger partial charge in [0.05, 0.1) is 19.9 Å². The van der Waals surface area contributed by atoms with Gasteiger partial charge in [0.15, 0.2) is 0 Å². The molecule has 1 aliphatic carbocycles. The second-order valence-corrected chi connectivity index (χ2v) is 5.70. The highest BCUT2D eigenvalue weighted by Crippen LogP contribution is 2.46. The molecule has 102 valence electrons. The van der Waals surface area contributed by atoms with Gasteiger partial charge in [0, 0.05) is 12.0 Å². The van der Waals surface area contributed by atoms with Crippen LogP contribution in [-0.4, -0.2) is 44.4 Å². The van der Waals surface area contributed by atoms with E-state index in [9.17, 15) is 4.39 Å². The second kappa shape index (κ2) is 7.32. The average Bonchev–Trinajstić information content (AvgIpc) is 3.11. The number of rotatable bonds is 5. The number of piperidine rings is 1. The predicted molar refractivity (Wildman–Crippen MR) is 70.1 cm³/mol. The molecule has 1 saturated carbocycles. The fraction of sp³-hybridized carbons (Fsp3) is 1.00. The predicted octanol–water partition coefficient (Wildman–Crippen LogP) is 3.26. The van der Waals surface area contributed by atoms with Crippen LogP contribution >= 0.6 is 0 Å². The summed E-state index contributed by atoms with van der Waals surface area (Å²) in [7, 11) is 0.500. The van der Waals surface area contributed by atoms with E-state index in [2.05, 4.69) is 18.7 Å². The minimum absolute atomic E-state index is 0.392. The normalized spacial score (nSPS) is 23.1. The Labute approximate surface area is 106 Å². The lowest BCUT2D eigenvalue weighted by Gasteiger charge is -2.30. The van der Waals surface area contributed by atoms with Crippen LogP contribution in [0.5, 0.6) is 0 Å². The summed E-state index contributed by atoms with van der Waals surface area (Å²) in [5, 5.41) is 0. The van der Waals surface area contributed by atoms with Gasteiger partial charge in [-0.25, -0.2) is 0 Å². The van der Waals surface area contributed by atoms with Crippen LogP contribution in [0.25, 0.3) is 0 Å². The van der Waals surface area contributed by atoms with Crippen molar-refractivity contribution in [2.75, 3.05) is 33.4 Å². The van der Waals surface area contributed by atoms with Crippen molar-refractivity contribution >= 4 is 0 Å². The maximum Gasteiger partial charge on any atom is 0.0785 e. The van der Waals surface area contributed by atoms with E-state index >= 15 is 0 Å². The van der Waals surface area contributed by atoms with Gasteiger partial charge in [-0.3, -0.25) is 4.39 Å². The molecule has 2 rings (SSSR count). The zero-order chi connectivity index (χ0) is 12.7. The SMILES string of the molecule is CC(C)OCC1(CN2CCCCC2)CC1.CF. The number of hydrogen-bond acceptors (Lipinski definition) is 2. The summed E-state index contributed by atoms with van der Waals surface area (Å²) in [6.45, 7) is 9.20. The van der Waals surface area contributed by atoms with Gasteiger partial charge >= 0.3 is 0 Å². The Balaban J connectivity index is 0.000000686. The summed E-state index contributed by atoms with van der Waals surface area (Å²) in [5.41, 5.74) is 0.543. The summed E-state index contributed by atoms with van der Waals surface area (Å²) in [5.74, 6) is 0. The zero-order valence-electron chi connectivity index (χ0n) is 11.7. The molecule has 17 heavy (non-hydrogen) atoms. The molecule has 0 aromatic rings. The molecule has 1 aliphatic heterocycles. The van der Waals surface area contributed by atoms with Crippen molar-refractivity contribution in [1.29, 1.82) is 0 Å². The van der Waals surface area contributed by atoms with Crippen LogP contribution in [0.1, 0.15) is 46.0 Å². The van der Waals surface area contributed by atoms with Crippen LogP contribution in [0, 0.1) is 5.41 Å². The van der Waals surface area contributed by atoms with Crippen molar-refractivity contribution in [1.82, 2.24) is 4.90 Å². The first kappa shape index (κ1) is 14.9. The zero-order valence-corrected chi connectivity index (χ0v) is 11.7. The van der Waals surface area contributed by atoms with Gasteiger partial charge in [0.2, 0.25) is 0 Å². The third-order valence-corrected chi connectivity index (χ3v) is 3.69. The average molecular weight is 245 g/mol. The van der Waals surface area contributed by atoms with Gasteiger partial charge in [-0.15, -0.1) is 0 Å². The molecular formula is C14H28FNO. The Bertz CT molecular complexity index is 198. The van der Waals surface area contributed by atoms with Crippen LogP contribution in [0.3, 0.4) is 0 Å². The first-order valence-electron chi connectivity index (χ1n) is 6.92. The van der Waals surface area contributed by atoms with Gasteiger partial charge in [-0.2, -0.15) is 0 Å². The van der Waals surface area contributed by atoms with Crippen molar-refractivity contribution in [2.24, 2.45) is 5.41 Å². The molecule has 2 aliphatic rings. The number of hydrogen-bond donors (Lipinski definition) is 0. The van der Waals surface area contributed by atoms with E-state index in [0.29, 0.717) is 18.7 Å². The lowest BCUT2D eigenvalue weighted by Crippen LogP contribution is -2.36. The number of alkyl halides is 1. The summed E-state index contributed by atoms with van der Waals surface area (Å²) < 4.78 is 15.3. The number of ether oxygens (including phenoxy) is 1. The molecule has 0 aromatic heterocycles. The Hall–Kier alpha value is -0.150. The van der Waals surface area contributed by atoms with Gasteiger partial charge < -0.3 is 9.64 Å². The fourth-order valence-corrected chi connectivity index (χ4v) is 2.46. The third kappa shape index (κ3) is 5.35. The molecule has 2 nitrogen and oxygen atoms in total. The Kier molecular flexibility index (Phi) is 6.42. The smallest absolute Gasteiger partial charge is 0.0785 e. The number of likely N-dealkylation sites (tertiary alicyclic amines) is 1. The molecule has 2 fully saturated rings. The monoisotopic (exact) mass is 245 g/mol. The van der Waals surface area contributed by atoms with Gasteiger partial charge in [-0.1, -0.05) is 6.42 Å². The first-order valence-corrected chi connectivity index (χ1v) is 6.92. The summed E-state index contributed by atoms with van der Waals surface area (Å²) in [4.78, 5) is 2.65. The molecule has 0 aromatic carbocycles. The van der Waals surface area contributed by atoms with Gasteiger partial charge in [0.25, 0.3) is 0 Å². The highest BCUT2D eigenvalue weighted by molar-refractivity contribution is 4.96. The van der Waals surface area contributed by atoms with Crippen LogP contribution in [0.15, 0.2) is 0 Å². The van der Waals surface area contributed by atoms with Crippen LogP contribution in [0.4, 0.5) is 4.39 Å². The Morgan fingerprint density at radius 2 is 1.71 bits per heavy atom. The molecule has 3 heteroatoms. The molecule has 1 heterocycles. The van der Waals surface area contributed by atoms with E-state index in [1.54, 1.807) is 0 Å². The highest BCUT2D eigenvalue weighted by atomic mass is 19.1. The number of halogens is 1. The largest absolute Gasteiger partial charge is 0.378 e. The minimum Gasteiger partial charge on any atom is -0.378 e. The fourth-order valence-electron chi connectivity index (χ4n) is 2.46. The third-order valence-electron chi connectivity index (χ3n) is 3.69. The standard InChI is InChI=1S/C13H25NO.CH3F/c1-12(2)15-11-13(6-7-13)10-14-8-4-3-5-9-14;1-2/h12H,3-11H2,1-2H3;1H3. The minimum atomic E-state index is 0.392. The van der Waals surface area contributed by atoms with Crippen LogP contribution < -0.4 is 0 Å². The summed E-state index contributed by atoms with van der Waals surface area (Å²) in [6.07, 6.45) is 7.41. The van der Waals surface area contributed by atoms with E-state index in [0.717, 1.165) is 6.61 Å².